The maximum Gasteiger partial charge on any atom is 0.266 e. The van der Waals surface area contributed by atoms with Crippen LogP contribution in [0.15, 0.2) is 0 Å². The first-order valence-corrected chi connectivity index (χ1v) is 4.87. The van der Waals surface area contributed by atoms with Crippen molar-refractivity contribution < 1.29 is 4.74 Å². The summed E-state index contributed by atoms with van der Waals surface area (Å²) < 4.78 is 13.1. The van der Waals surface area contributed by atoms with Gasteiger partial charge in [0.2, 0.25) is 5.15 Å². The van der Waals surface area contributed by atoms with Gasteiger partial charge in [0.05, 0.1) is 11.7 Å². The minimum absolute atomic E-state index is 0.264. The first-order chi connectivity index (χ1) is 6.11. The van der Waals surface area contributed by atoms with Crippen LogP contribution in [0, 0.1) is 12.3 Å². The molecule has 0 aliphatic heterocycles. The summed E-state index contributed by atoms with van der Waals surface area (Å²) in [7, 11) is 0. The molecule has 1 aromatic heterocycles. The van der Waals surface area contributed by atoms with Gasteiger partial charge in [-0.05, 0) is 13.3 Å². The Hall–Kier alpha value is -0.790. The average Bonchev–Trinajstić information content (AvgIpc) is 2.52. The number of rotatable bonds is 3. The monoisotopic (exact) mass is 216 g/mol. The van der Waals surface area contributed by atoms with E-state index in [1.54, 1.807) is 0 Å². The molecule has 0 saturated heterocycles. The fraction of sp³-hybridized carbons (Fsp3) is 0.500. The molecule has 0 amide bonds. The Kier molecular flexibility index (Phi) is 3.12. The molecule has 0 aliphatic carbocycles. The van der Waals surface area contributed by atoms with Gasteiger partial charge in [-0.15, -0.1) is 10.8 Å². The van der Waals surface area contributed by atoms with Crippen LogP contribution in [0.5, 0.6) is 5.88 Å². The Morgan fingerprint density at radius 2 is 2.38 bits per heavy atom. The van der Waals surface area contributed by atoms with Crippen molar-refractivity contribution in [3.05, 3.63) is 5.15 Å². The lowest BCUT2D eigenvalue weighted by Gasteiger charge is -2.21. The third-order valence-electron chi connectivity index (χ3n) is 1.72. The van der Waals surface area contributed by atoms with Gasteiger partial charge in [0.25, 0.3) is 5.88 Å². The lowest BCUT2D eigenvalue weighted by Crippen LogP contribution is -2.29. The number of halogens is 1. The molecular weight excluding hydrogens is 208 g/mol. The van der Waals surface area contributed by atoms with E-state index in [1.165, 1.54) is 0 Å². The zero-order chi connectivity index (χ0) is 9.90. The lowest BCUT2D eigenvalue weighted by atomic mass is 10.1. The fourth-order valence-corrected chi connectivity index (χ4v) is 1.26. The highest BCUT2D eigenvalue weighted by molar-refractivity contribution is 6.99. The minimum Gasteiger partial charge on any atom is -0.455 e. The SMILES string of the molecule is C#CC(C)(CC)Oc1nsnc1Cl. The van der Waals surface area contributed by atoms with Crippen LogP contribution in [0.2, 0.25) is 5.15 Å². The maximum atomic E-state index is 5.70. The molecule has 1 heterocycles. The number of terminal acetylenes is 1. The molecule has 3 nitrogen and oxygen atoms in total. The van der Waals surface area contributed by atoms with E-state index in [1.807, 2.05) is 13.8 Å². The largest absolute Gasteiger partial charge is 0.455 e. The second-order valence-electron chi connectivity index (χ2n) is 2.69. The second kappa shape index (κ2) is 3.95. The van der Waals surface area contributed by atoms with Crippen molar-refractivity contribution in [3.8, 4) is 18.2 Å². The third kappa shape index (κ3) is 2.33. The van der Waals surface area contributed by atoms with Gasteiger partial charge in [0.1, 0.15) is 0 Å². The van der Waals surface area contributed by atoms with Crippen LogP contribution in [0.25, 0.3) is 0 Å². The summed E-state index contributed by atoms with van der Waals surface area (Å²) >= 11 is 6.71. The van der Waals surface area contributed by atoms with Crippen LogP contribution in [-0.4, -0.2) is 14.3 Å². The van der Waals surface area contributed by atoms with Crippen molar-refractivity contribution in [1.82, 2.24) is 8.75 Å². The summed E-state index contributed by atoms with van der Waals surface area (Å²) in [6, 6.07) is 0. The summed E-state index contributed by atoms with van der Waals surface area (Å²) in [5.41, 5.74) is -0.653. The zero-order valence-corrected chi connectivity index (χ0v) is 8.95. The van der Waals surface area contributed by atoms with Crippen LogP contribution < -0.4 is 4.74 Å². The quantitative estimate of drug-likeness (QED) is 0.728. The number of hydrogen-bond acceptors (Lipinski definition) is 4. The lowest BCUT2D eigenvalue weighted by molar-refractivity contribution is 0.141. The Balaban J connectivity index is 2.80. The Bertz CT molecular complexity index is 333. The van der Waals surface area contributed by atoms with Gasteiger partial charge in [0, 0.05) is 0 Å². The number of hydrogen-bond donors (Lipinski definition) is 0. The standard InChI is InChI=1S/C8H9ClN2OS/c1-4-8(3,5-2)12-7-6(9)10-13-11-7/h1H,5H2,2-3H3. The molecule has 1 rings (SSSR count). The van der Waals surface area contributed by atoms with Crippen LogP contribution in [0.3, 0.4) is 0 Å². The average molecular weight is 217 g/mol. The second-order valence-corrected chi connectivity index (χ2v) is 3.58. The van der Waals surface area contributed by atoms with E-state index < -0.39 is 5.60 Å². The van der Waals surface area contributed by atoms with Crippen molar-refractivity contribution in [1.29, 1.82) is 0 Å². The number of ether oxygens (including phenoxy) is 1. The van der Waals surface area contributed by atoms with E-state index in [2.05, 4.69) is 14.7 Å². The molecule has 0 saturated carbocycles. The maximum absolute atomic E-state index is 5.70. The molecular formula is C8H9ClN2OS. The van der Waals surface area contributed by atoms with Gasteiger partial charge in [-0.25, -0.2) is 0 Å². The van der Waals surface area contributed by atoms with Crippen molar-refractivity contribution in [3.63, 3.8) is 0 Å². The van der Waals surface area contributed by atoms with E-state index in [4.69, 9.17) is 22.8 Å². The van der Waals surface area contributed by atoms with Gasteiger partial charge < -0.3 is 4.74 Å². The summed E-state index contributed by atoms with van der Waals surface area (Å²) in [6.45, 7) is 3.75. The molecule has 1 unspecified atom stereocenters. The van der Waals surface area contributed by atoms with E-state index in [9.17, 15) is 0 Å². The van der Waals surface area contributed by atoms with Gasteiger partial charge in [-0.2, -0.15) is 4.37 Å². The summed E-state index contributed by atoms with van der Waals surface area (Å²) in [5, 5.41) is 0.264. The molecule has 0 fully saturated rings. The Morgan fingerprint density at radius 1 is 1.69 bits per heavy atom. The van der Waals surface area contributed by atoms with Crippen molar-refractivity contribution >= 4 is 23.3 Å². The molecule has 0 aliphatic rings. The Morgan fingerprint density at radius 3 is 2.77 bits per heavy atom. The number of aromatic nitrogens is 2. The highest BCUT2D eigenvalue weighted by Crippen LogP contribution is 2.26. The topological polar surface area (TPSA) is 35.0 Å². The molecule has 0 spiro atoms. The highest BCUT2D eigenvalue weighted by Gasteiger charge is 2.23. The minimum atomic E-state index is -0.653. The zero-order valence-electron chi connectivity index (χ0n) is 7.37. The molecule has 70 valence electrons. The van der Waals surface area contributed by atoms with E-state index >= 15 is 0 Å². The van der Waals surface area contributed by atoms with Crippen molar-refractivity contribution in [2.45, 2.75) is 25.9 Å². The van der Waals surface area contributed by atoms with Crippen molar-refractivity contribution in [2.24, 2.45) is 0 Å². The first kappa shape index (κ1) is 10.3. The van der Waals surface area contributed by atoms with Crippen LogP contribution in [0.1, 0.15) is 20.3 Å². The van der Waals surface area contributed by atoms with Gasteiger partial charge in [0.15, 0.2) is 5.60 Å². The normalized spacial score (nSPS) is 14.6. The van der Waals surface area contributed by atoms with Gasteiger partial charge >= 0.3 is 0 Å². The van der Waals surface area contributed by atoms with E-state index in [-0.39, 0.29) is 5.15 Å². The predicted molar refractivity (Wildman–Crippen MR) is 53.1 cm³/mol. The van der Waals surface area contributed by atoms with Crippen LogP contribution in [-0.2, 0) is 0 Å². The first-order valence-electron chi connectivity index (χ1n) is 3.76. The summed E-state index contributed by atoms with van der Waals surface area (Å²) in [4.78, 5) is 0. The molecule has 1 atom stereocenters. The Labute approximate surface area is 86.4 Å². The van der Waals surface area contributed by atoms with Crippen LogP contribution in [0.4, 0.5) is 0 Å². The molecule has 13 heavy (non-hydrogen) atoms. The molecule has 0 bridgehead atoms. The smallest absolute Gasteiger partial charge is 0.266 e. The predicted octanol–water partition coefficient (Wildman–Crippen LogP) is 2.37. The van der Waals surface area contributed by atoms with E-state index in [0.29, 0.717) is 12.3 Å². The summed E-state index contributed by atoms with van der Waals surface area (Å²) in [5.74, 6) is 2.86. The third-order valence-corrected chi connectivity index (χ3v) is 2.58. The fourth-order valence-electron chi connectivity index (χ4n) is 0.648. The molecule has 5 heteroatoms. The molecule has 0 radical (unpaired) electrons. The van der Waals surface area contributed by atoms with E-state index in [0.717, 1.165) is 11.7 Å². The molecule has 0 N–H and O–H groups in total. The summed E-state index contributed by atoms with van der Waals surface area (Å²) in [6.07, 6.45) is 6.01. The molecule has 0 aromatic carbocycles. The van der Waals surface area contributed by atoms with Gasteiger partial charge in [-0.3, -0.25) is 0 Å². The van der Waals surface area contributed by atoms with Gasteiger partial charge in [-0.1, -0.05) is 24.4 Å². The highest BCUT2D eigenvalue weighted by atomic mass is 35.5. The van der Waals surface area contributed by atoms with Crippen molar-refractivity contribution in [2.75, 3.05) is 0 Å². The molecule has 1 aromatic rings. The van der Waals surface area contributed by atoms with Crippen LogP contribution >= 0.6 is 23.3 Å². The number of nitrogens with zero attached hydrogens (tertiary/aromatic N) is 2.